The predicted octanol–water partition coefficient (Wildman–Crippen LogP) is 2.12. The highest BCUT2D eigenvalue weighted by Crippen LogP contribution is 2.18. The number of H-pyrrole nitrogens is 1. The van der Waals surface area contributed by atoms with Crippen LogP contribution in [0.2, 0.25) is 0 Å². The van der Waals surface area contributed by atoms with Crippen LogP contribution in [0.25, 0.3) is 11.3 Å². The molecule has 1 unspecified atom stereocenters. The fourth-order valence-electron chi connectivity index (χ4n) is 2.45. The van der Waals surface area contributed by atoms with Crippen LogP contribution in [-0.4, -0.2) is 35.2 Å². The Hall–Kier alpha value is -1.92. The molecule has 0 radical (unpaired) electrons. The second-order valence-corrected chi connectivity index (χ2v) is 5.18. The molecule has 1 aliphatic rings. The van der Waals surface area contributed by atoms with E-state index in [0.717, 1.165) is 24.9 Å². The van der Waals surface area contributed by atoms with Crippen LogP contribution in [0.3, 0.4) is 0 Å². The van der Waals surface area contributed by atoms with Crippen molar-refractivity contribution >= 4 is 18.3 Å². The van der Waals surface area contributed by atoms with Crippen LogP contribution >= 0.6 is 12.4 Å². The number of benzene rings is 1. The quantitative estimate of drug-likeness (QED) is 0.807. The van der Waals surface area contributed by atoms with Gasteiger partial charge in [-0.2, -0.15) is 5.10 Å². The standard InChI is InChI=1S/C15H17FN4O.ClH/c16-11-5-3-10(4-6-11)13-8-14(20-19-13)15(21)18-9-12-2-1-7-17-12;/h3-6,8,12,17H,1-2,7,9H2,(H,18,21)(H,19,20);1H. The Balaban J connectivity index is 0.00000176. The van der Waals surface area contributed by atoms with Gasteiger partial charge in [0.15, 0.2) is 0 Å². The molecule has 2 aromatic rings. The highest BCUT2D eigenvalue weighted by Gasteiger charge is 2.16. The number of carbonyl (C=O) groups excluding carboxylic acids is 1. The first-order chi connectivity index (χ1) is 10.2. The summed E-state index contributed by atoms with van der Waals surface area (Å²) >= 11 is 0. The summed E-state index contributed by atoms with van der Waals surface area (Å²) in [5.74, 6) is -0.471. The van der Waals surface area contributed by atoms with Crippen molar-refractivity contribution in [1.82, 2.24) is 20.8 Å². The highest BCUT2D eigenvalue weighted by molar-refractivity contribution is 5.93. The number of nitrogens with one attached hydrogen (secondary N) is 3. The average molecular weight is 325 g/mol. The van der Waals surface area contributed by atoms with Crippen molar-refractivity contribution in [2.45, 2.75) is 18.9 Å². The Labute approximate surface area is 134 Å². The van der Waals surface area contributed by atoms with E-state index in [4.69, 9.17) is 0 Å². The zero-order valence-corrected chi connectivity index (χ0v) is 12.8. The third-order valence-electron chi connectivity index (χ3n) is 3.63. The summed E-state index contributed by atoms with van der Waals surface area (Å²) in [4.78, 5) is 12.0. The van der Waals surface area contributed by atoms with E-state index in [1.54, 1.807) is 18.2 Å². The maximum atomic E-state index is 12.9. The number of halogens is 2. The van der Waals surface area contributed by atoms with Crippen molar-refractivity contribution < 1.29 is 9.18 Å². The van der Waals surface area contributed by atoms with Gasteiger partial charge < -0.3 is 10.6 Å². The van der Waals surface area contributed by atoms with Gasteiger partial charge in [0.25, 0.3) is 5.91 Å². The van der Waals surface area contributed by atoms with Gasteiger partial charge in [-0.15, -0.1) is 12.4 Å². The van der Waals surface area contributed by atoms with Gasteiger partial charge in [0.05, 0.1) is 5.69 Å². The van der Waals surface area contributed by atoms with Crippen molar-refractivity contribution in [3.8, 4) is 11.3 Å². The summed E-state index contributed by atoms with van der Waals surface area (Å²) in [5, 5.41) is 13.0. The van der Waals surface area contributed by atoms with E-state index in [1.165, 1.54) is 12.1 Å². The molecule has 22 heavy (non-hydrogen) atoms. The number of amides is 1. The monoisotopic (exact) mass is 324 g/mol. The van der Waals surface area contributed by atoms with Crippen LogP contribution in [-0.2, 0) is 0 Å². The van der Waals surface area contributed by atoms with Crippen molar-refractivity contribution in [2.75, 3.05) is 13.1 Å². The number of hydrogen-bond donors (Lipinski definition) is 3. The molecule has 0 aliphatic carbocycles. The zero-order chi connectivity index (χ0) is 14.7. The van der Waals surface area contributed by atoms with E-state index in [2.05, 4.69) is 20.8 Å². The number of carbonyl (C=O) groups is 1. The molecule has 3 N–H and O–H groups in total. The van der Waals surface area contributed by atoms with Gasteiger partial charge in [-0.1, -0.05) is 0 Å². The highest BCUT2D eigenvalue weighted by atomic mass is 35.5. The van der Waals surface area contributed by atoms with Crippen LogP contribution in [0.4, 0.5) is 4.39 Å². The summed E-state index contributed by atoms with van der Waals surface area (Å²) < 4.78 is 12.9. The van der Waals surface area contributed by atoms with Crippen molar-refractivity contribution in [2.24, 2.45) is 0 Å². The summed E-state index contributed by atoms with van der Waals surface area (Å²) in [7, 11) is 0. The van der Waals surface area contributed by atoms with Crippen LogP contribution in [0.1, 0.15) is 23.3 Å². The molecule has 0 bridgehead atoms. The molecule has 5 nitrogen and oxygen atoms in total. The summed E-state index contributed by atoms with van der Waals surface area (Å²) in [6.07, 6.45) is 2.24. The van der Waals surface area contributed by atoms with Gasteiger partial charge in [0.1, 0.15) is 11.5 Å². The SMILES string of the molecule is Cl.O=C(NCC1CCCN1)c1cc(-c2ccc(F)cc2)n[nH]1. The summed E-state index contributed by atoms with van der Waals surface area (Å²) in [5.41, 5.74) is 1.80. The largest absolute Gasteiger partial charge is 0.349 e. The molecule has 1 atom stereocenters. The predicted molar refractivity (Wildman–Crippen MR) is 84.6 cm³/mol. The minimum absolute atomic E-state index is 0. The molecule has 3 rings (SSSR count). The molecule has 1 aliphatic heterocycles. The van der Waals surface area contributed by atoms with Gasteiger partial charge >= 0.3 is 0 Å². The van der Waals surface area contributed by atoms with Crippen molar-refractivity contribution in [3.63, 3.8) is 0 Å². The molecule has 0 saturated carbocycles. The van der Waals surface area contributed by atoms with Gasteiger partial charge in [-0.25, -0.2) is 4.39 Å². The number of rotatable bonds is 4. The molecule has 1 fully saturated rings. The minimum atomic E-state index is -0.295. The molecule has 1 amide bonds. The first-order valence-electron chi connectivity index (χ1n) is 7.05. The third kappa shape index (κ3) is 3.84. The molecule has 1 aromatic carbocycles. The van der Waals surface area contributed by atoms with E-state index in [9.17, 15) is 9.18 Å². The maximum absolute atomic E-state index is 12.9. The average Bonchev–Trinajstić information content (AvgIpc) is 3.17. The lowest BCUT2D eigenvalue weighted by Gasteiger charge is -2.10. The zero-order valence-electron chi connectivity index (χ0n) is 11.9. The fourth-order valence-corrected chi connectivity index (χ4v) is 2.45. The van der Waals surface area contributed by atoms with Crippen molar-refractivity contribution in [3.05, 3.63) is 41.8 Å². The summed E-state index contributed by atoms with van der Waals surface area (Å²) in [6.45, 7) is 1.63. The van der Waals surface area contributed by atoms with Crippen LogP contribution in [0.5, 0.6) is 0 Å². The number of aromatic amines is 1. The van der Waals surface area contributed by atoms with E-state index in [0.29, 0.717) is 24.0 Å². The fraction of sp³-hybridized carbons (Fsp3) is 0.333. The molecule has 1 saturated heterocycles. The lowest BCUT2D eigenvalue weighted by atomic mass is 10.1. The van der Waals surface area contributed by atoms with Gasteiger partial charge in [-0.3, -0.25) is 9.89 Å². The van der Waals surface area contributed by atoms with Gasteiger partial charge in [-0.05, 0) is 49.7 Å². The number of aromatic nitrogens is 2. The Bertz CT molecular complexity index is 623. The molecule has 118 valence electrons. The number of nitrogens with zero attached hydrogens (tertiary/aromatic N) is 1. The normalized spacial score (nSPS) is 17.0. The third-order valence-corrected chi connectivity index (χ3v) is 3.63. The van der Waals surface area contributed by atoms with E-state index in [-0.39, 0.29) is 24.1 Å². The van der Waals surface area contributed by atoms with Crippen LogP contribution < -0.4 is 10.6 Å². The van der Waals surface area contributed by atoms with E-state index < -0.39 is 0 Å². The van der Waals surface area contributed by atoms with E-state index >= 15 is 0 Å². The maximum Gasteiger partial charge on any atom is 0.269 e. The van der Waals surface area contributed by atoms with Gasteiger partial charge in [0.2, 0.25) is 0 Å². The lowest BCUT2D eigenvalue weighted by molar-refractivity contribution is 0.0945. The van der Waals surface area contributed by atoms with Crippen LogP contribution in [0, 0.1) is 5.82 Å². The van der Waals surface area contributed by atoms with Crippen LogP contribution in [0.15, 0.2) is 30.3 Å². The second-order valence-electron chi connectivity index (χ2n) is 5.18. The Morgan fingerprint density at radius 1 is 1.36 bits per heavy atom. The molecular weight excluding hydrogens is 307 g/mol. The molecule has 1 aromatic heterocycles. The van der Waals surface area contributed by atoms with Crippen molar-refractivity contribution in [1.29, 1.82) is 0 Å². The molecule has 0 spiro atoms. The van der Waals surface area contributed by atoms with E-state index in [1.807, 2.05) is 0 Å². The molecule has 7 heteroatoms. The number of hydrogen-bond acceptors (Lipinski definition) is 3. The lowest BCUT2D eigenvalue weighted by Crippen LogP contribution is -2.37. The minimum Gasteiger partial charge on any atom is -0.349 e. The molecular formula is C15H18ClFN4O. The Kier molecular flexibility index (Phi) is 5.51. The molecule has 2 heterocycles. The second kappa shape index (κ2) is 7.38. The first kappa shape index (κ1) is 16.5. The summed E-state index contributed by atoms with van der Waals surface area (Å²) in [6, 6.07) is 8.04. The Morgan fingerprint density at radius 3 is 2.82 bits per heavy atom. The van der Waals surface area contributed by atoms with Gasteiger partial charge in [0, 0.05) is 18.2 Å². The first-order valence-corrected chi connectivity index (χ1v) is 7.05. The smallest absolute Gasteiger partial charge is 0.269 e. The topological polar surface area (TPSA) is 69.8 Å². The Morgan fingerprint density at radius 2 is 2.14 bits per heavy atom.